The average Bonchev–Trinajstić information content (AvgIpc) is 3.08. The van der Waals surface area contributed by atoms with Crippen LogP contribution in [-0.2, 0) is 0 Å². The molecule has 0 radical (unpaired) electrons. The number of rotatable bonds is 4. The number of anilines is 2. The maximum absolute atomic E-state index is 11.6. The second-order valence-electron chi connectivity index (χ2n) is 5.93. The Morgan fingerprint density at radius 2 is 1.84 bits per heavy atom. The van der Waals surface area contributed by atoms with Crippen LogP contribution < -0.4 is 5.32 Å². The third-order valence-corrected chi connectivity index (χ3v) is 4.16. The Bertz CT molecular complexity index is 1050. The molecule has 4 heteroatoms. The summed E-state index contributed by atoms with van der Waals surface area (Å²) < 4.78 is 0. The molecule has 0 spiro atoms. The molecule has 0 unspecified atom stereocenters. The SMILES string of the molecule is CC(=O)c1cccc(Nc2nccc3[nH]c(-c4ccccc4)cc23)c1. The highest BCUT2D eigenvalue weighted by Crippen LogP contribution is 2.29. The molecule has 0 aliphatic heterocycles. The number of benzene rings is 2. The Morgan fingerprint density at radius 1 is 1.00 bits per heavy atom. The van der Waals surface area contributed by atoms with Gasteiger partial charge in [-0.1, -0.05) is 42.5 Å². The summed E-state index contributed by atoms with van der Waals surface area (Å²) in [4.78, 5) is 19.5. The van der Waals surface area contributed by atoms with Crippen LogP contribution in [0.1, 0.15) is 17.3 Å². The molecule has 122 valence electrons. The van der Waals surface area contributed by atoms with Crippen LogP contribution >= 0.6 is 0 Å². The van der Waals surface area contributed by atoms with E-state index in [1.807, 2.05) is 48.5 Å². The summed E-state index contributed by atoms with van der Waals surface area (Å²) in [6, 6.07) is 21.7. The zero-order chi connectivity index (χ0) is 17.2. The fraction of sp³-hybridized carbons (Fsp3) is 0.0476. The van der Waals surface area contributed by atoms with E-state index in [1.54, 1.807) is 13.1 Å². The Morgan fingerprint density at radius 3 is 2.64 bits per heavy atom. The number of Topliss-reactive ketones (excluding diaryl/α,β-unsaturated/α-hetero) is 1. The first-order valence-corrected chi connectivity index (χ1v) is 8.12. The summed E-state index contributed by atoms with van der Waals surface area (Å²) in [6.45, 7) is 1.57. The summed E-state index contributed by atoms with van der Waals surface area (Å²) >= 11 is 0. The molecular weight excluding hydrogens is 310 g/mol. The largest absolute Gasteiger partial charge is 0.354 e. The van der Waals surface area contributed by atoms with Gasteiger partial charge in [-0.2, -0.15) is 0 Å². The molecule has 0 atom stereocenters. The molecule has 2 heterocycles. The molecular formula is C21H17N3O. The van der Waals surface area contributed by atoms with Crippen LogP contribution in [0.5, 0.6) is 0 Å². The van der Waals surface area contributed by atoms with Crippen molar-refractivity contribution in [2.75, 3.05) is 5.32 Å². The quantitative estimate of drug-likeness (QED) is 0.508. The van der Waals surface area contributed by atoms with Crippen molar-refractivity contribution < 1.29 is 4.79 Å². The van der Waals surface area contributed by atoms with Gasteiger partial charge in [-0.15, -0.1) is 0 Å². The minimum atomic E-state index is 0.0443. The lowest BCUT2D eigenvalue weighted by molar-refractivity contribution is 0.101. The van der Waals surface area contributed by atoms with Crippen molar-refractivity contribution in [3.05, 3.63) is 78.5 Å². The summed E-state index contributed by atoms with van der Waals surface area (Å²) in [5.74, 6) is 0.805. The molecule has 0 amide bonds. The lowest BCUT2D eigenvalue weighted by Gasteiger charge is -2.07. The highest BCUT2D eigenvalue weighted by atomic mass is 16.1. The number of carbonyl (C=O) groups excluding carboxylic acids is 1. The number of aromatic nitrogens is 2. The Balaban J connectivity index is 1.74. The number of H-pyrrole nitrogens is 1. The van der Waals surface area contributed by atoms with Crippen LogP contribution in [0.25, 0.3) is 22.2 Å². The third-order valence-electron chi connectivity index (χ3n) is 4.16. The van der Waals surface area contributed by atoms with Gasteiger partial charge in [0, 0.05) is 28.5 Å². The van der Waals surface area contributed by atoms with Crippen molar-refractivity contribution >= 4 is 28.2 Å². The van der Waals surface area contributed by atoms with Crippen molar-refractivity contribution in [3.8, 4) is 11.3 Å². The van der Waals surface area contributed by atoms with Crippen molar-refractivity contribution in [2.24, 2.45) is 0 Å². The summed E-state index contributed by atoms with van der Waals surface area (Å²) in [6.07, 6.45) is 1.77. The van der Waals surface area contributed by atoms with Crippen molar-refractivity contribution in [1.82, 2.24) is 9.97 Å². The van der Waals surface area contributed by atoms with Crippen LogP contribution in [0.15, 0.2) is 72.9 Å². The van der Waals surface area contributed by atoms with Gasteiger partial charge in [0.25, 0.3) is 0 Å². The van der Waals surface area contributed by atoms with E-state index >= 15 is 0 Å². The summed E-state index contributed by atoms with van der Waals surface area (Å²) in [5.41, 5.74) is 4.71. The third kappa shape index (κ3) is 3.02. The molecule has 0 saturated carbocycles. The smallest absolute Gasteiger partial charge is 0.159 e. The standard InChI is InChI=1S/C21H17N3O/c1-14(25)16-8-5-9-17(12-16)23-21-18-13-20(15-6-3-2-4-7-15)24-19(18)10-11-22-21/h2-13,24H,1H3,(H,22,23). The topological polar surface area (TPSA) is 57.8 Å². The monoisotopic (exact) mass is 327 g/mol. The number of nitrogens with zero attached hydrogens (tertiary/aromatic N) is 1. The number of pyridine rings is 1. The predicted octanol–water partition coefficient (Wildman–Crippen LogP) is 5.18. The van der Waals surface area contributed by atoms with E-state index in [2.05, 4.69) is 33.5 Å². The fourth-order valence-electron chi connectivity index (χ4n) is 2.88. The lowest BCUT2D eigenvalue weighted by atomic mass is 10.1. The van der Waals surface area contributed by atoms with Gasteiger partial charge in [-0.05, 0) is 36.8 Å². The first-order valence-electron chi connectivity index (χ1n) is 8.12. The van der Waals surface area contributed by atoms with Gasteiger partial charge in [0.15, 0.2) is 5.78 Å². The van der Waals surface area contributed by atoms with Crippen LogP contribution in [0, 0.1) is 0 Å². The normalized spacial score (nSPS) is 10.8. The molecule has 2 aromatic heterocycles. The van der Waals surface area contributed by atoms with Crippen LogP contribution in [0.2, 0.25) is 0 Å². The van der Waals surface area contributed by atoms with E-state index in [9.17, 15) is 4.79 Å². The summed E-state index contributed by atoms with van der Waals surface area (Å²) in [7, 11) is 0. The molecule has 0 aliphatic carbocycles. The average molecular weight is 327 g/mol. The van der Waals surface area contributed by atoms with Gasteiger partial charge in [0.05, 0.1) is 5.52 Å². The molecule has 0 bridgehead atoms. The minimum Gasteiger partial charge on any atom is -0.354 e. The number of carbonyl (C=O) groups is 1. The van der Waals surface area contributed by atoms with Crippen LogP contribution in [-0.4, -0.2) is 15.8 Å². The van der Waals surface area contributed by atoms with Gasteiger partial charge in [0.1, 0.15) is 5.82 Å². The Kier molecular flexibility index (Phi) is 3.78. The van der Waals surface area contributed by atoms with Gasteiger partial charge < -0.3 is 10.3 Å². The lowest BCUT2D eigenvalue weighted by Crippen LogP contribution is -1.97. The molecule has 2 aromatic carbocycles. The fourth-order valence-corrected chi connectivity index (χ4v) is 2.88. The van der Waals surface area contributed by atoms with Crippen molar-refractivity contribution in [3.63, 3.8) is 0 Å². The number of hydrogen-bond acceptors (Lipinski definition) is 3. The molecule has 4 aromatic rings. The number of fused-ring (bicyclic) bond motifs is 1. The number of nitrogens with one attached hydrogen (secondary N) is 2. The predicted molar refractivity (Wildman–Crippen MR) is 101 cm³/mol. The number of aromatic amines is 1. The number of ketones is 1. The van der Waals surface area contributed by atoms with Crippen LogP contribution in [0.4, 0.5) is 11.5 Å². The summed E-state index contributed by atoms with van der Waals surface area (Å²) in [5, 5.41) is 4.33. The first kappa shape index (κ1) is 15.1. The van der Waals surface area contributed by atoms with E-state index in [0.29, 0.717) is 5.56 Å². The molecule has 4 rings (SSSR count). The second-order valence-corrected chi connectivity index (χ2v) is 5.93. The van der Waals surface area contributed by atoms with E-state index in [1.165, 1.54) is 0 Å². The van der Waals surface area contributed by atoms with E-state index in [0.717, 1.165) is 33.7 Å². The van der Waals surface area contributed by atoms with E-state index < -0.39 is 0 Å². The number of hydrogen-bond donors (Lipinski definition) is 2. The highest BCUT2D eigenvalue weighted by Gasteiger charge is 2.09. The Hall–Kier alpha value is -3.40. The maximum Gasteiger partial charge on any atom is 0.159 e. The molecule has 0 fully saturated rings. The first-order chi connectivity index (χ1) is 12.2. The minimum absolute atomic E-state index is 0.0443. The van der Waals surface area contributed by atoms with Crippen molar-refractivity contribution in [1.29, 1.82) is 0 Å². The zero-order valence-electron chi connectivity index (χ0n) is 13.8. The van der Waals surface area contributed by atoms with E-state index in [4.69, 9.17) is 0 Å². The molecule has 25 heavy (non-hydrogen) atoms. The second kappa shape index (κ2) is 6.24. The van der Waals surface area contributed by atoms with Gasteiger partial charge in [-0.3, -0.25) is 4.79 Å². The van der Waals surface area contributed by atoms with Gasteiger partial charge >= 0.3 is 0 Å². The molecule has 0 aliphatic rings. The highest BCUT2D eigenvalue weighted by molar-refractivity contribution is 5.97. The Labute approximate surface area is 145 Å². The van der Waals surface area contributed by atoms with Gasteiger partial charge in [-0.25, -0.2) is 4.98 Å². The molecule has 0 saturated heterocycles. The van der Waals surface area contributed by atoms with Crippen molar-refractivity contribution in [2.45, 2.75) is 6.92 Å². The zero-order valence-corrected chi connectivity index (χ0v) is 13.8. The van der Waals surface area contributed by atoms with Crippen LogP contribution in [0.3, 0.4) is 0 Å². The van der Waals surface area contributed by atoms with Gasteiger partial charge in [0.2, 0.25) is 0 Å². The maximum atomic E-state index is 11.6. The molecule has 4 nitrogen and oxygen atoms in total. The van der Waals surface area contributed by atoms with E-state index in [-0.39, 0.29) is 5.78 Å². The molecule has 2 N–H and O–H groups in total.